The summed E-state index contributed by atoms with van der Waals surface area (Å²) < 4.78 is 5.62. The Bertz CT molecular complexity index is 369. The quantitative estimate of drug-likeness (QED) is 0.832. The SMILES string of the molecule is CCC1CCCCN1CC(O)COCc1ccccc1. The first-order valence-corrected chi connectivity index (χ1v) is 7.83. The number of hydrogen-bond donors (Lipinski definition) is 1. The van der Waals surface area contributed by atoms with E-state index in [0.717, 1.165) is 18.7 Å². The van der Waals surface area contributed by atoms with Crippen LogP contribution < -0.4 is 0 Å². The smallest absolute Gasteiger partial charge is 0.0900 e. The Morgan fingerprint density at radius 3 is 2.85 bits per heavy atom. The summed E-state index contributed by atoms with van der Waals surface area (Å²) >= 11 is 0. The minimum absolute atomic E-state index is 0.383. The van der Waals surface area contributed by atoms with Crippen molar-refractivity contribution < 1.29 is 9.84 Å². The number of piperidine rings is 1. The zero-order valence-electron chi connectivity index (χ0n) is 12.5. The van der Waals surface area contributed by atoms with Gasteiger partial charge in [-0.15, -0.1) is 0 Å². The van der Waals surface area contributed by atoms with Gasteiger partial charge in [0.25, 0.3) is 0 Å². The van der Waals surface area contributed by atoms with Gasteiger partial charge in [0, 0.05) is 12.6 Å². The fourth-order valence-electron chi connectivity index (χ4n) is 2.97. The van der Waals surface area contributed by atoms with E-state index >= 15 is 0 Å². The lowest BCUT2D eigenvalue weighted by atomic mass is 10.00. The number of hydrogen-bond acceptors (Lipinski definition) is 3. The molecule has 1 saturated heterocycles. The summed E-state index contributed by atoms with van der Waals surface area (Å²) in [6.07, 6.45) is 4.65. The summed E-state index contributed by atoms with van der Waals surface area (Å²) in [6, 6.07) is 10.8. The maximum atomic E-state index is 10.1. The van der Waals surface area contributed by atoms with Gasteiger partial charge < -0.3 is 9.84 Å². The zero-order chi connectivity index (χ0) is 14.2. The van der Waals surface area contributed by atoms with Gasteiger partial charge in [-0.1, -0.05) is 43.7 Å². The van der Waals surface area contributed by atoms with E-state index in [-0.39, 0.29) is 6.10 Å². The molecule has 1 aliphatic rings. The minimum Gasteiger partial charge on any atom is -0.389 e. The lowest BCUT2D eigenvalue weighted by Gasteiger charge is -2.36. The van der Waals surface area contributed by atoms with E-state index in [9.17, 15) is 5.11 Å². The highest BCUT2D eigenvalue weighted by Crippen LogP contribution is 2.19. The second-order valence-corrected chi connectivity index (χ2v) is 5.71. The number of benzene rings is 1. The van der Waals surface area contributed by atoms with Gasteiger partial charge >= 0.3 is 0 Å². The van der Waals surface area contributed by atoms with Crippen molar-refractivity contribution in [3.8, 4) is 0 Å². The van der Waals surface area contributed by atoms with E-state index in [0.29, 0.717) is 19.3 Å². The topological polar surface area (TPSA) is 32.7 Å². The summed E-state index contributed by atoms with van der Waals surface area (Å²) in [7, 11) is 0. The molecule has 0 aromatic heterocycles. The summed E-state index contributed by atoms with van der Waals surface area (Å²) in [5.41, 5.74) is 1.16. The number of rotatable bonds is 7. The Labute approximate surface area is 122 Å². The Hall–Kier alpha value is -0.900. The van der Waals surface area contributed by atoms with Gasteiger partial charge in [-0.3, -0.25) is 4.90 Å². The molecule has 0 aliphatic carbocycles. The van der Waals surface area contributed by atoms with Crippen molar-refractivity contribution in [3.63, 3.8) is 0 Å². The predicted molar refractivity (Wildman–Crippen MR) is 81.6 cm³/mol. The second kappa shape index (κ2) is 8.40. The molecule has 0 saturated carbocycles. The van der Waals surface area contributed by atoms with E-state index in [1.165, 1.54) is 25.7 Å². The van der Waals surface area contributed by atoms with E-state index in [4.69, 9.17) is 4.74 Å². The molecule has 20 heavy (non-hydrogen) atoms. The third kappa shape index (κ3) is 4.89. The minimum atomic E-state index is -0.383. The van der Waals surface area contributed by atoms with Crippen LogP contribution in [0.5, 0.6) is 0 Å². The molecule has 0 spiro atoms. The Balaban J connectivity index is 1.68. The highest BCUT2D eigenvalue weighted by molar-refractivity contribution is 5.13. The molecular weight excluding hydrogens is 250 g/mol. The summed E-state index contributed by atoms with van der Waals surface area (Å²) in [5, 5.41) is 10.1. The molecule has 3 heteroatoms. The molecule has 2 atom stereocenters. The number of aliphatic hydroxyl groups excluding tert-OH is 1. The third-order valence-corrected chi connectivity index (χ3v) is 4.09. The maximum Gasteiger partial charge on any atom is 0.0900 e. The highest BCUT2D eigenvalue weighted by atomic mass is 16.5. The second-order valence-electron chi connectivity index (χ2n) is 5.71. The van der Waals surface area contributed by atoms with Crippen LogP contribution in [-0.2, 0) is 11.3 Å². The van der Waals surface area contributed by atoms with Crippen LogP contribution in [0.4, 0.5) is 0 Å². The van der Waals surface area contributed by atoms with E-state index in [1.54, 1.807) is 0 Å². The fraction of sp³-hybridized carbons (Fsp3) is 0.647. The number of aliphatic hydroxyl groups is 1. The molecule has 1 aromatic carbocycles. The largest absolute Gasteiger partial charge is 0.389 e. The van der Waals surface area contributed by atoms with E-state index in [1.807, 2.05) is 30.3 Å². The van der Waals surface area contributed by atoms with Crippen LogP contribution in [-0.4, -0.2) is 41.8 Å². The average Bonchev–Trinajstić information content (AvgIpc) is 2.49. The Morgan fingerprint density at radius 1 is 1.30 bits per heavy atom. The van der Waals surface area contributed by atoms with Crippen molar-refractivity contribution in [2.45, 2.75) is 51.4 Å². The first kappa shape index (κ1) is 15.5. The molecule has 112 valence electrons. The number of nitrogens with zero attached hydrogens (tertiary/aromatic N) is 1. The molecule has 0 radical (unpaired) electrons. The monoisotopic (exact) mass is 277 g/mol. The molecule has 1 fully saturated rings. The number of ether oxygens (including phenoxy) is 1. The molecule has 2 rings (SSSR count). The highest BCUT2D eigenvalue weighted by Gasteiger charge is 2.22. The lowest BCUT2D eigenvalue weighted by Crippen LogP contribution is -2.44. The van der Waals surface area contributed by atoms with Gasteiger partial charge in [0.2, 0.25) is 0 Å². The van der Waals surface area contributed by atoms with Gasteiger partial charge in [0.1, 0.15) is 0 Å². The molecule has 0 amide bonds. The van der Waals surface area contributed by atoms with Crippen molar-refractivity contribution in [2.75, 3.05) is 19.7 Å². The van der Waals surface area contributed by atoms with Gasteiger partial charge in [-0.2, -0.15) is 0 Å². The molecule has 1 aliphatic heterocycles. The lowest BCUT2D eigenvalue weighted by molar-refractivity contribution is -0.00376. The average molecular weight is 277 g/mol. The summed E-state index contributed by atoms with van der Waals surface area (Å²) in [4.78, 5) is 2.43. The maximum absolute atomic E-state index is 10.1. The van der Waals surface area contributed by atoms with Gasteiger partial charge in [0.15, 0.2) is 0 Å². The van der Waals surface area contributed by atoms with E-state index in [2.05, 4.69) is 11.8 Å². The van der Waals surface area contributed by atoms with Crippen molar-refractivity contribution in [1.29, 1.82) is 0 Å². The first-order chi connectivity index (χ1) is 9.79. The van der Waals surface area contributed by atoms with Crippen LogP contribution >= 0.6 is 0 Å². The van der Waals surface area contributed by atoms with Crippen molar-refractivity contribution >= 4 is 0 Å². The van der Waals surface area contributed by atoms with Crippen LogP contribution in [0.2, 0.25) is 0 Å². The number of likely N-dealkylation sites (tertiary alicyclic amines) is 1. The third-order valence-electron chi connectivity index (χ3n) is 4.09. The summed E-state index contributed by atoms with van der Waals surface area (Å²) in [5.74, 6) is 0. The molecule has 3 nitrogen and oxygen atoms in total. The Kier molecular flexibility index (Phi) is 6.51. The van der Waals surface area contributed by atoms with Gasteiger partial charge in [-0.05, 0) is 31.4 Å². The van der Waals surface area contributed by atoms with Crippen molar-refractivity contribution in [1.82, 2.24) is 4.90 Å². The fourth-order valence-corrected chi connectivity index (χ4v) is 2.97. The predicted octanol–water partition coefficient (Wildman–Crippen LogP) is 2.83. The molecule has 1 heterocycles. The van der Waals surface area contributed by atoms with Gasteiger partial charge in [0.05, 0.1) is 19.3 Å². The molecule has 2 unspecified atom stereocenters. The Morgan fingerprint density at radius 2 is 2.10 bits per heavy atom. The van der Waals surface area contributed by atoms with Crippen molar-refractivity contribution in [2.24, 2.45) is 0 Å². The van der Waals surface area contributed by atoms with Crippen LogP contribution in [0.25, 0.3) is 0 Å². The number of β-amino-alcohol motifs (C(OH)–C–C–N with tert-alkyl or cyclic N) is 1. The normalized spacial score (nSPS) is 21.8. The van der Waals surface area contributed by atoms with Crippen molar-refractivity contribution in [3.05, 3.63) is 35.9 Å². The van der Waals surface area contributed by atoms with Crippen LogP contribution in [0.1, 0.15) is 38.2 Å². The zero-order valence-corrected chi connectivity index (χ0v) is 12.5. The molecule has 1 N–H and O–H groups in total. The standard InChI is InChI=1S/C17H27NO2/c1-2-16-10-6-7-11-18(16)12-17(19)14-20-13-15-8-4-3-5-9-15/h3-5,8-9,16-17,19H,2,6-7,10-14H2,1H3. The first-order valence-electron chi connectivity index (χ1n) is 7.83. The summed E-state index contributed by atoms with van der Waals surface area (Å²) in [6.45, 7) is 5.10. The van der Waals surface area contributed by atoms with Crippen LogP contribution in [0.15, 0.2) is 30.3 Å². The van der Waals surface area contributed by atoms with Crippen LogP contribution in [0.3, 0.4) is 0 Å². The molecular formula is C17H27NO2. The molecule has 0 bridgehead atoms. The van der Waals surface area contributed by atoms with Gasteiger partial charge in [-0.25, -0.2) is 0 Å². The van der Waals surface area contributed by atoms with E-state index < -0.39 is 0 Å². The van der Waals surface area contributed by atoms with Crippen LogP contribution in [0, 0.1) is 0 Å². The molecule has 1 aromatic rings.